The van der Waals surface area contributed by atoms with Crippen LogP contribution in [-0.4, -0.2) is 48.6 Å². The van der Waals surface area contributed by atoms with Gasteiger partial charge in [0.25, 0.3) is 0 Å². The van der Waals surface area contributed by atoms with Gasteiger partial charge in [0.2, 0.25) is 0 Å². The molecule has 0 saturated heterocycles. The molecule has 0 fully saturated rings. The number of hydrogen-bond donors (Lipinski definition) is 0. The molecule has 2 aromatic carbocycles. The number of benzene rings is 2. The molecule has 4 heterocycles. The summed E-state index contributed by atoms with van der Waals surface area (Å²) in [7, 11) is -1.80. The number of Topliss-reactive ketones (excluding diaryl/α,β-unsaturated/α-hetero) is 2. The third kappa shape index (κ3) is 2.80. The first-order valence-electron chi connectivity index (χ1n) is 12.2. The Bertz CT molecular complexity index is 1660. The predicted molar refractivity (Wildman–Crippen MR) is 152 cm³/mol. The van der Waals surface area contributed by atoms with E-state index in [0.29, 0.717) is 31.2 Å². The van der Waals surface area contributed by atoms with Crippen molar-refractivity contribution >= 4 is 79.9 Å². The molecule has 7 rings (SSSR count). The molecule has 0 saturated carbocycles. The molecule has 2 aromatic heterocycles. The Hall–Kier alpha value is -2.46. The second-order valence-corrected chi connectivity index (χ2v) is 20.1. The molecule has 0 spiro atoms. The van der Waals surface area contributed by atoms with E-state index in [1.54, 1.807) is 17.3 Å². The third-order valence-corrected chi connectivity index (χ3v) is 16.4. The van der Waals surface area contributed by atoms with E-state index < -0.39 is 8.07 Å². The van der Waals surface area contributed by atoms with Crippen LogP contribution in [0.25, 0.3) is 6.08 Å². The van der Waals surface area contributed by atoms with Gasteiger partial charge in [0, 0.05) is 0 Å². The van der Waals surface area contributed by atoms with Crippen LogP contribution in [0.5, 0.6) is 0 Å². The van der Waals surface area contributed by atoms with E-state index >= 15 is 0 Å². The van der Waals surface area contributed by atoms with Crippen molar-refractivity contribution in [2.24, 2.45) is 0 Å². The van der Waals surface area contributed by atoms with Gasteiger partial charge in [0.15, 0.2) is 0 Å². The zero-order chi connectivity index (χ0) is 25.1. The molecule has 0 atom stereocenters. The molecule has 1 aliphatic carbocycles. The van der Waals surface area contributed by atoms with Crippen molar-refractivity contribution in [1.82, 2.24) is 0 Å². The fourth-order valence-electron chi connectivity index (χ4n) is 6.13. The average molecular weight is 618 g/mol. The Balaban J connectivity index is 1.46. The average Bonchev–Trinajstić information content (AvgIpc) is 3.51. The minimum atomic E-state index is -1.80. The van der Waals surface area contributed by atoms with Gasteiger partial charge in [-0.25, -0.2) is 0 Å². The van der Waals surface area contributed by atoms with Gasteiger partial charge in [-0.15, -0.1) is 0 Å². The minimum absolute atomic E-state index is 0.00740. The number of nitrogens with zero attached hydrogens (tertiary/aromatic N) is 1. The quantitative estimate of drug-likeness (QED) is 0.175. The SMILES string of the molecule is Cc1cc2c([se]1)N1c3[se]c(C=C4C(=O)c5ccccc5C4=O)cc3C(C)(C)c3cccc(c31)[Si]2(C)C. The summed E-state index contributed by atoms with van der Waals surface area (Å²) in [6, 6.07) is 18.9. The zero-order valence-corrected chi connectivity index (χ0v) is 25.3. The van der Waals surface area contributed by atoms with E-state index in [0.717, 1.165) is 4.44 Å². The van der Waals surface area contributed by atoms with E-state index in [-0.39, 0.29) is 31.5 Å². The monoisotopic (exact) mass is 619 g/mol. The molecule has 2 aliphatic heterocycles. The van der Waals surface area contributed by atoms with Crippen molar-refractivity contribution in [2.75, 3.05) is 4.90 Å². The molecule has 178 valence electrons. The van der Waals surface area contributed by atoms with Crippen molar-refractivity contribution in [3.63, 3.8) is 0 Å². The summed E-state index contributed by atoms with van der Waals surface area (Å²) in [5.41, 5.74) is 5.39. The van der Waals surface area contributed by atoms with Crippen LogP contribution in [0.2, 0.25) is 13.1 Å². The first-order chi connectivity index (χ1) is 17.1. The Morgan fingerprint density at radius 2 is 1.53 bits per heavy atom. The van der Waals surface area contributed by atoms with Crippen molar-refractivity contribution < 1.29 is 9.59 Å². The molecule has 4 aromatic rings. The van der Waals surface area contributed by atoms with Gasteiger partial charge in [0.1, 0.15) is 0 Å². The Kier molecular flexibility index (Phi) is 4.61. The van der Waals surface area contributed by atoms with Gasteiger partial charge in [-0.1, -0.05) is 0 Å². The van der Waals surface area contributed by atoms with Crippen LogP contribution in [0.3, 0.4) is 0 Å². The maximum atomic E-state index is 13.1. The van der Waals surface area contributed by atoms with E-state index in [2.05, 4.69) is 69.1 Å². The molecule has 0 amide bonds. The standard InChI is InChI=1S/C30H25NO2Se2Si/c1-16-13-24-29(34-16)31-25-21(11-8-12-23(25)36(24,4)5)30(2,3)22-15-17(35-28(22)31)14-20-26(32)18-9-6-7-10-19(18)27(20)33/h6-15H,1-5H3. The molecule has 3 aliphatic rings. The Morgan fingerprint density at radius 1 is 0.833 bits per heavy atom. The number of carbonyl (C=O) groups excluding carboxylic acids is 2. The van der Waals surface area contributed by atoms with Gasteiger partial charge >= 0.3 is 225 Å². The first-order valence-corrected chi connectivity index (χ1v) is 18.6. The van der Waals surface area contributed by atoms with Crippen molar-refractivity contribution in [2.45, 2.75) is 39.3 Å². The van der Waals surface area contributed by atoms with Crippen molar-refractivity contribution in [1.29, 1.82) is 0 Å². The number of allylic oxidation sites excluding steroid dienone is 1. The summed E-state index contributed by atoms with van der Waals surface area (Å²) in [5.74, 6) is -0.284. The Morgan fingerprint density at radius 3 is 2.22 bits per heavy atom. The molecule has 36 heavy (non-hydrogen) atoms. The molecule has 0 unspecified atom stereocenters. The van der Waals surface area contributed by atoms with Crippen molar-refractivity contribution in [3.05, 3.63) is 91.3 Å². The summed E-state index contributed by atoms with van der Waals surface area (Å²) in [6.07, 6.45) is 1.89. The van der Waals surface area contributed by atoms with E-state index in [9.17, 15) is 9.59 Å². The normalized spacial score (nSPS) is 18.0. The van der Waals surface area contributed by atoms with Crippen LogP contribution in [0, 0.1) is 6.92 Å². The van der Waals surface area contributed by atoms with Gasteiger partial charge in [-0.3, -0.25) is 0 Å². The van der Waals surface area contributed by atoms with Crippen LogP contribution in [0.15, 0.2) is 60.2 Å². The molecule has 3 nitrogen and oxygen atoms in total. The van der Waals surface area contributed by atoms with Crippen LogP contribution in [0.1, 0.15) is 54.6 Å². The fourth-order valence-corrected chi connectivity index (χ4v) is 16.0. The number of aryl methyl sites for hydroxylation is 1. The number of rotatable bonds is 1. The van der Waals surface area contributed by atoms with E-state index in [4.69, 9.17) is 0 Å². The number of ketones is 2. The molecule has 0 bridgehead atoms. The molecule has 6 heteroatoms. The van der Waals surface area contributed by atoms with Gasteiger partial charge in [-0.2, -0.15) is 0 Å². The van der Waals surface area contributed by atoms with Crippen LogP contribution >= 0.6 is 0 Å². The summed E-state index contributed by atoms with van der Waals surface area (Å²) in [6.45, 7) is 11.9. The maximum absolute atomic E-state index is 13.1. The first kappa shape index (κ1) is 22.7. The molecular weight excluding hydrogens is 592 g/mol. The van der Waals surface area contributed by atoms with Gasteiger partial charge in [0.05, 0.1) is 0 Å². The Labute approximate surface area is 224 Å². The number of hydrogen-bond acceptors (Lipinski definition) is 3. The van der Waals surface area contributed by atoms with Crippen LogP contribution in [-0.2, 0) is 5.41 Å². The summed E-state index contributed by atoms with van der Waals surface area (Å²) in [5, 5.41) is 3.11. The second-order valence-electron chi connectivity index (χ2n) is 11.0. The van der Waals surface area contributed by atoms with Gasteiger partial charge < -0.3 is 0 Å². The molecule has 0 N–H and O–H groups in total. The van der Waals surface area contributed by atoms with Gasteiger partial charge in [-0.05, 0) is 0 Å². The van der Waals surface area contributed by atoms with Crippen molar-refractivity contribution in [3.8, 4) is 0 Å². The fraction of sp³-hybridized carbons (Fsp3) is 0.200. The molecular formula is C30H25NO2Se2Si. The predicted octanol–water partition coefficient (Wildman–Crippen LogP) is 4.82. The second kappa shape index (κ2) is 7.31. The van der Waals surface area contributed by atoms with Crippen LogP contribution < -0.4 is 15.3 Å². The number of fused-ring (bicyclic) bond motifs is 5. The summed E-state index contributed by atoms with van der Waals surface area (Å²) in [4.78, 5) is 28.8. The number of anilines is 3. The van der Waals surface area contributed by atoms with Crippen LogP contribution in [0.4, 0.5) is 14.8 Å². The topological polar surface area (TPSA) is 37.4 Å². The summed E-state index contributed by atoms with van der Waals surface area (Å²) >= 11 is 0.327. The molecule has 0 radical (unpaired) electrons. The summed E-state index contributed by atoms with van der Waals surface area (Å²) < 4.78 is 5.51. The van der Waals surface area contributed by atoms with E-state index in [1.807, 2.05) is 18.2 Å². The number of para-hydroxylation sites is 1. The van der Waals surface area contributed by atoms with E-state index in [1.165, 1.54) is 35.6 Å². The third-order valence-electron chi connectivity index (χ3n) is 8.12. The number of carbonyl (C=O) groups is 2. The zero-order valence-electron chi connectivity index (χ0n) is 20.9.